The van der Waals surface area contributed by atoms with E-state index in [1.807, 2.05) is 36.6 Å². The van der Waals surface area contributed by atoms with Crippen LogP contribution in [0.15, 0.2) is 23.8 Å². The molecule has 12 heteroatoms. The molecular formula is C26H28F3N7O2. The zero-order valence-electron chi connectivity index (χ0n) is 22.0. The zero-order valence-corrected chi connectivity index (χ0v) is 22.0. The van der Waals surface area contributed by atoms with Crippen LogP contribution in [0, 0.1) is 11.3 Å². The molecule has 0 fully saturated rings. The van der Waals surface area contributed by atoms with Gasteiger partial charge in [0.2, 0.25) is 5.82 Å². The Balaban J connectivity index is 1.89. The summed E-state index contributed by atoms with van der Waals surface area (Å²) in [4.78, 5) is 15.8. The van der Waals surface area contributed by atoms with Crippen molar-refractivity contribution < 1.29 is 22.7 Å². The van der Waals surface area contributed by atoms with Gasteiger partial charge in [0.1, 0.15) is 17.0 Å². The van der Waals surface area contributed by atoms with E-state index < -0.39 is 24.0 Å². The number of allylic oxidation sites excluding steroid dienone is 1. The van der Waals surface area contributed by atoms with Crippen LogP contribution in [0.5, 0.6) is 5.75 Å². The number of hydrogen-bond acceptors (Lipinski definition) is 6. The van der Waals surface area contributed by atoms with E-state index in [4.69, 9.17) is 4.74 Å². The van der Waals surface area contributed by atoms with E-state index in [0.717, 1.165) is 39.8 Å². The summed E-state index contributed by atoms with van der Waals surface area (Å²) in [6.07, 6.45) is -3.59. The first-order valence-electron chi connectivity index (χ1n) is 11.9. The predicted molar refractivity (Wildman–Crippen MR) is 134 cm³/mol. The molecule has 0 bridgehead atoms. The molecule has 1 aliphatic rings. The van der Waals surface area contributed by atoms with Crippen LogP contribution >= 0.6 is 0 Å². The number of aryl methyl sites for hydroxylation is 2. The molecule has 0 saturated carbocycles. The van der Waals surface area contributed by atoms with Crippen LogP contribution in [0.2, 0.25) is 0 Å². The maximum absolute atomic E-state index is 13.6. The molecule has 1 aromatic carbocycles. The van der Waals surface area contributed by atoms with E-state index in [9.17, 15) is 23.2 Å². The van der Waals surface area contributed by atoms with Gasteiger partial charge in [0.25, 0.3) is 5.91 Å². The quantitative estimate of drug-likeness (QED) is 0.463. The number of alkyl halides is 3. The third-order valence-corrected chi connectivity index (χ3v) is 6.65. The van der Waals surface area contributed by atoms with Gasteiger partial charge in [0, 0.05) is 24.7 Å². The van der Waals surface area contributed by atoms with E-state index in [1.54, 1.807) is 26.3 Å². The summed E-state index contributed by atoms with van der Waals surface area (Å²) < 4.78 is 47.2. The van der Waals surface area contributed by atoms with Crippen LogP contribution in [-0.2, 0) is 20.0 Å². The molecule has 0 spiro atoms. The fraction of sp³-hybridized carbons (Fsp3) is 0.423. The first kappa shape index (κ1) is 26.9. The lowest BCUT2D eigenvalue weighted by Crippen LogP contribution is -2.49. The highest BCUT2D eigenvalue weighted by atomic mass is 19.4. The van der Waals surface area contributed by atoms with Crippen molar-refractivity contribution in [2.24, 2.45) is 7.05 Å². The molecule has 1 atom stereocenters. The van der Waals surface area contributed by atoms with Gasteiger partial charge >= 0.3 is 6.18 Å². The molecule has 0 unspecified atom stereocenters. The number of aromatic nitrogens is 5. The minimum atomic E-state index is -4.62. The number of rotatable bonds is 6. The van der Waals surface area contributed by atoms with E-state index >= 15 is 0 Å². The van der Waals surface area contributed by atoms with Gasteiger partial charge < -0.3 is 14.2 Å². The topological polar surface area (TPSA) is 102 Å². The molecule has 1 aliphatic heterocycles. The second-order valence-corrected chi connectivity index (χ2v) is 9.81. The Bertz CT molecular complexity index is 1470. The van der Waals surface area contributed by atoms with Gasteiger partial charge in [-0.05, 0) is 56.2 Å². The fourth-order valence-electron chi connectivity index (χ4n) is 4.74. The van der Waals surface area contributed by atoms with Crippen molar-refractivity contribution in [3.63, 3.8) is 0 Å². The Morgan fingerprint density at radius 2 is 1.97 bits per heavy atom. The lowest BCUT2D eigenvalue weighted by atomic mass is 9.93. The van der Waals surface area contributed by atoms with Crippen molar-refractivity contribution in [3.8, 4) is 34.5 Å². The van der Waals surface area contributed by atoms with Gasteiger partial charge in [-0.25, -0.2) is 0 Å². The summed E-state index contributed by atoms with van der Waals surface area (Å²) in [5.74, 6) is 0.279. The summed E-state index contributed by atoms with van der Waals surface area (Å²) in [7, 11) is 4.44. The van der Waals surface area contributed by atoms with E-state index in [0.29, 0.717) is 30.1 Å². The normalized spacial score (nSPS) is 14.1. The minimum Gasteiger partial charge on any atom is -0.496 e. The maximum Gasteiger partial charge on any atom is 0.392 e. The Hall–Kier alpha value is -4.14. The van der Waals surface area contributed by atoms with Crippen LogP contribution < -0.4 is 4.74 Å². The minimum absolute atomic E-state index is 0.208. The Morgan fingerprint density at radius 3 is 2.53 bits per heavy atom. The number of methoxy groups -OCH3 is 1. The number of carbonyl (C=O) groups is 1. The molecule has 9 nitrogen and oxygen atoms in total. The van der Waals surface area contributed by atoms with Gasteiger partial charge in [0.05, 0.1) is 37.9 Å². The number of hydrogen-bond donors (Lipinski definition) is 0. The van der Waals surface area contributed by atoms with Crippen molar-refractivity contribution in [1.82, 2.24) is 29.7 Å². The molecule has 0 saturated heterocycles. The van der Waals surface area contributed by atoms with E-state index in [1.165, 1.54) is 11.8 Å². The molecule has 0 radical (unpaired) electrons. The van der Waals surface area contributed by atoms with Crippen LogP contribution in [-0.4, -0.2) is 61.5 Å². The van der Waals surface area contributed by atoms with Crippen molar-refractivity contribution in [2.45, 2.75) is 51.9 Å². The zero-order chi connectivity index (χ0) is 28.0. The molecule has 0 aliphatic carbocycles. The summed E-state index contributed by atoms with van der Waals surface area (Å²) >= 11 is 0. The van der Waals surface area contributed by atoms with Crippen molar-refractivity contribution in [1.29, 1.82) is 5.26 Å². The standard InChI is InChI=1S/C26H28F3N7O2/c1-15(2)9-17-10-20(24(37)34(4)25(3,14-30)13-26(27,28)29)36-8-7-16-11-21(38-6)19(12-18(16)22(17)36)23-31-33-35(5)32-23/h9-12H,7-8,13H2,1-6H3/t25-/m0/s1. The van der Waals surface area contributed by atoms with Crippen LogP contribution in [0.25, 0.3) is 28.7 Å². The number of benzene rings is 1. The smallest absolute Gasteiger partial charge is 0.392 e. The number of amides is 1. The van der Waals surface area contributed by atoms with Gasteiger partial charge in [-0.2, -0.15) is 23.2 Å². The Kier molecular flexibility index (Phi) is 6.82. The third kappa shape index (κ3) is 4.88. The molecule has 3 aromatic rings. The van der Waals surface area contributed by atoms with E-state index in [2.05, 4.69) is 15.4 Å². The monoisotopic (exact) mass is 527 g/mol. The van der Waals surface area contributed by atoms with Gasteiger partial charge in [-0.1, -0.05) is 11.6 Å². The molecular weight excluding hydrogens is 499 g/mol. The Morgan fingerprint density at radius 1 is 1.26 bits per heavy atom. The number of nitriles is 1. The molecule has 2 aromatic heterocycles. The van der Waals surface area contributed by atoms with Gasteiger partial charge in [-0.15, -0.1) is 10.2 Å². The number of fused-ring (bicyclic) bond motifs is 3. The molecule has 4 rings (SSSR count). The predicted octanol–water partition coefficient (Wildman–Crippen LogP) is 4.64. The number of halogens is 3. The average Bonchev–Trinajstić information content (AvgIpc) is 3.44. The van der Waals surface area contributed by atoms with Gasteiger partial charge in [0.15, 0.2) is 0 Å². The summed E-state index contributed by atoms with van der Waals surface area (Å²) in [6.45, 7) is 5.38. The number of ether oxygens (including phenoxy) is 1. The van der Waals surface area contributed by atoms with Crippen molar-refractivity contribution in [2.75, 3.05) is 14.2 Å². The van der Waals surface area contributed by atoms with E-state index in [-0.39, 0.29) is 5.69 Å². The van der Waals surface area contributed by atoms with Crippen molar-refractivity contribution in [3.05, 3.63) is 40.6 Å². The number of nitrogens with zero attached hydrogens (tertiary/aromatic N) is 7. The second-order valence-electron chi connectivity index (χ2n) is 9.81. The first-order valence-corrected chi connectivity index (χ1v) is 11.9. The highest BCUT2D eigenvalue weighted by Crippen LogP contribution is 2.42. The molecule has 1 amide bonds. The largest absolute Gasteiger partial charge is 0.496 e. The number of carbonyl (C=O) groups excluding carboxylic acids is 1. The van der Waals surface area contributed by atoms with Crippen LogP contribution in [0.3, 0.4) is 0 Å². The molecule has 200 valence electrons. The molecule has 38 heavy (non-hydrogen) atoms. The first-order chi connectivity index (χ1) is 17.8. The second kappa shape index (κ2) is 9.63. The fourth-order valence-corrected chi connectivity index (χ4v) is 4.74. The molecule has 3 heterocycles. The molecule has 0 N–H and O–H groups in total. The van der Waals surface area contributed by atoms with Gasteiger partial charge in [-0.3, -0.25) is 4.79 Å². The third-order valence-electron chi connectivity index (χ3n) is 6.65. The van der Waals surface area contributed by atoms with Crippen LogP contribution in [0.1, 0.15) is 48.8 Å². The summed E-state index contributed by atoms with van der Waals surface area (Å²) in [5, 5.41) is 21.9. The number of tetrazole rings is 1. The summed E-state index contributed by atoms with van der Waals surface area (Å²) in [6, 6.07) is 7.16. The lowest BCUT2D eigenvalue weighted by Gasteiger charge is -2.34. The highest BCUT2D eigenvalue weighted by molar-refractivity contribution is 5.97. The maximum atomic E-state index is 13.6. The van der Waals surface area contributed by atoms with Crippen LogP contribution in [0.4, 0.5) is 13.2 Å². The Labute approximate surface area is 218 Å². The average molecular weight is 528 g/mol. The SMILES string of the molecule is COc1cc2c(cc1-c1nnn(C)n1)-c1c(C=C(C)C)cc(C(=O)N(C)[C@](C)(C#N)CC(F)(F)F)n1CC2. The van der Waals surface area contributed by atoms with Crippen molar-refractivity contribution >= 4 is 12.0 Å². The lowest BCUT2D eigenvalue weighted by molar-refractivity contribution is -0.150. The summed E-state index contributed by atoms with van der Waals surface area (Å²) in [5.41, 5.74) is 3.01. The highest BCUT2D eigenvalue weighted by Gasteiger charge is 2.45.